The summed E-state index contributed by atoms with van der Waals surface area (Å²) in [5, 5.41) is 4.09. The van der Waals surface area contributed by atoms with Gasteiger partial charge in [0.25, 0.3) is 0 Å². The van der Waals surface area contributed by atoms with Crippen LogP contribution in [0.5, 0.6) is 17.2 Å². The number of nitrogens with one attached hydrogen (secondary N) is 1. The molecule has 0 aliphatic heterocycles. The predicted octanol–water partition coefficient (Wildman–Crippen LogP) is 6.70. The molecule has 6 heteroatoms. The Morgan fingerprint density at radius 2 is 1.76 bits per heavy atom. The van der Waals surface area contributed by atoms with Gasteiger partial charge in [-0.3, -0.25) is 0 Å². The van der Waals surface area contributed by atoms with Crippen LogP contribution in [0.4, 0.5) is 5.69 Å². The minimum absolute atomic E-state index is 0.363. The molecule has 0 fully saturated rings. The van der Waals surface area contributed by atoms with Crippen molar-refractivity contribution < 1.29 is 14.2 Å². The van der Waals surface area contributed by atoms with Crippen LogP contribution in [-0.2, 0) is 13.2 Å². The summed E-state index contributed by atoms with van der Waals surface area (Å²) in [5.41, 5.74) is 3.01. The fourth-order valence-electron chi connectivity index (χ4n) is 2.80. The first-order chi connectivity index (χ1) is 14.1. The number of anilines is 1. The fourth-order valence-corrected chi connectivity index (χ4v) is 3.60. The zero-order valence-electron chi connectivity index (χ0n) is 16.4. The Labute approximate surface area is 184 Å². The summed E-state index contributed by atoms with van der Waals surface area (Å²) < 4.78 is 17.9. The van der Waals surface area contributed by atoms with Gasteiger partial charge in [0.15, 0.2) is 11.5 Å². The maximum absolute atomic E-state index is 6.24. The van der Waals surface area contributed by atoms with Gasteiger partial charge in [-0.15, -0.1) is 0 Å². The molecule has 0 radical (unpaired) electrons. The molecule has 4 nitrogen and oxygen atoms in total. The third-order valence-electron chi connectivity index (χ3n) is 4.29. The lowest BCUT2D eigenvalue weighted by Gasteiger charge is -2.16. The monoisotopic (exact) mass is 475 g/mol. The smallest absolute Gasteiger partial charge is 0.175 e. The molecule has 152 valence electrons. The van der Waals surface area contributed by atoms with Crippen LogP contribution in [0.3, 0.4) is 0 Å². The molecule has 0 aliphatic carbocycles. The van der Waals surface area contributed by atoms with Crippen molar-refractivity contribution in [1.29, 1.82) is 0 Å². The molecular formula is C23H23BrClNO3. The number of hydrogen-bond donors (Lipinski definition) is 1. The van der Waals surface area contributed by atoms with Gasteiger partial charge in [0, 0.05) is 22.8 Å². The van der Waals surface area contributed by atoms with Gasteiger partial charge in [0.1, 0.15) is 12.4 Å². The van der Waals surface area contributed by atoms with E-state index < -0.39 is 0 Å². The fraction of sp³-hybridized carbons (Fsp3) is 0.217. The summed E-state index contributed by atoms with van der Waals surface area (Å²) in [7, 11) is 1.66. The van der Waals surface area contributed by atoms with E-state index in [4.69, 9.17) is 25.8 Å². The van der Waals surface area contributed by atoms with E-state index in [-0.39, 0.29) is 0 Å². The van der Waals surface area contributed by atoms with Crippen LogP contribution < -0.4 is 19.5 Å². The highest BCUT2D eigenvalue weighted by atomic mass is 79.9. The maximum Gasteiger partial charge on any atom is 0.175 e. The van der Waals surface area contributed by atoms with E-state index in [2.05, 4.69) is 21.2 Å². The topological polar surface area (TPSA) is 39.7 Å². The lowest BCUT2D eigenvalue weighted by molar-refractivity contribution is 0.267. The Hall–Kier alpha value is -2.37. The summed E-state index contributed by atoms with van der Waals surface area (Å²) in [6, 6.07) is 19.5. The van der Waals surface area contributed by atoms with Gasteiger partial charge < -0.3 is 19.5 Å². The van der Waals surface area contributed by atoms with Crippen molar-refractivity contribution in [3.8, 4) is 17.2 Å². The highest BCUT2D eigenvalue weighted by Crippen LogP contribution is 2.38. The first-order valence-corrected chi connectivity index (χ1v) is 10.5. The van der Waals surface area contributed by atoms with E-state index in [0.29, 0.717) is 36.3 Å². The maximum atomic E-state index is 6.24. The number of hydrogen-bond acceptors (Lipinski definition) is 4. The Balaban J connectivity index is 1.73. The molecule has 1 N–H and O–H groups in total. The molecule has 0 aliphatic rings. The van der Waals surface area contributed by atoms with Crippen LogP contribution in [0.15, 0.2) is 65.1 Å². The zero-order valence-corrected chi connectivity index (χ0v) is 18.7. The molecule has 0 saturated carbocycles. The van der Waals surface area contributed by atoms with E-state index >= 15 is 0 Å². The zero-order chi connectivity index (χ0) is 20.6. The van der Waals surface area contributed by atoms with Crippen molar-refractivity contribution in [2.75, 3.05) is 19.0 Å². The second kappa shape index (κ2) is 10.4. The van der Waals surface area contributed by atoms with Gasteiger partial charge in [-0.25, -0.2) is 0 Å². The largest absolute Gasteiger partial charge is 0.497 e. The molecular weight excluding hydrogens is 454 g/mol. The third kappa shape index (κ3) is 5.81. The van der Waals surface area contributed by atoms with Gasteiger partial charge >= 0.3 is 0 Å². The number of ether oxygens (including phenoxy) is 3. The first kappa shape index (κ1) is 21.3. The second-order valence-corrected chi connectivity index (χ2v) is 7.56. The highest BCUT2D eigenvalue weighted by Gasteiger charge is 2.13. The standard InChI is InChI=1S/C23H23BrClNO3/c1-3-28-22-13-16(14-26-18-8-10-19(27-2)11-9-18)12-20(24)23(22)29-15-17-6-4-5-7-21(17)25/h4-13,26H,3,14-15H2,1-2H3. The molecule has 3 rings (SSSR count). The van der Waals surface area contributed by atoms with E-state index in [0.717, 1.165) is 27.0 Å². The number of benzene rings is 3. The summed E-state index contributed by atoms with van der Waals surface area (Å²) in [5.74, 6) is 2.19. The van der Waals surface area contributed by atoms with Crippen molar-refractivity contribution in [3.63, 3.8) is 0 Å². The van der Waals surface area contributed by atoms with Crippen LogP contribution in [0.1, 0.15) is 18.1 Å². The van der Waals surface area contributed by atoms with E-state index in [1.807, 2.05) is 67.6 Å². The van der Waals surface area contributed by atoms with Crippen LogP contribution in [0.25, 0.3) is 0 Å². The molecule has 0 unspecified atom stereocenters. The van der Waals surface area contributed by atoms with Crippen molar-refractivity contribution in [1.82, 2.24) is 0 Å². The Morgan fingerprint density at radius 1 is 1.00 bits per heavy atom. The molecule has 29 heavy (non-hydrogen) atoms. The van der Waals surface area contributed by atoms with Gasteiger partial charge in [-0.05, 0) is 70.9 Å². The Bertz CT molecular complexity index is 947. The average molecular weight is 477 g/mol. The molecule has 0 amide bonds. The summed E-state index contributed by atoms with van der Waals surface area (Å²) in [4.78, 5) is 0. The van der Waals surface area contributed by atoms with Gasteiger partial charge in [-0.2, -0.15) is 0 Å². The Kier molecular flexibility index (Phi) is 7.67. The molecule has 0 saturated heterocycles. The molecule has 3 aromatic carbocycles. The first-order valence-electron chi connectivity index (χ1n) is 9.30. The van der Waals surface area contributed by atoms with E-state index in [1.165, 1.54) is 0 Å². The SMILES string of the molecule is CCOc1cc(CNc2ccc(OC)cc2)cc(Br)c1OCc1ccccc1Cl. The second-order valence-electron chi connectivity index (χ2n) is 6.30. The quantitative estimate of drug-likeness (QED) is 0.373. The normalized spacial score (nSPS) is 10.5. The number of rotatable bonds is 9. The van der Waals surface area contributed by atoms with Crippen molar-refractivity contribution in [3.05, 3.63) is 81.3 Å². The van der Waals surface area contributed by atoms with Crippen LogP contribution in [0, 0.1) is 0 Å². The molecule has 0 bridgehead atoms. The van der Waals surface area contributed by atoms with Crippen molar-refractivity contribution >= 4 is 33.2 Å². The van der Waals surface area contributed by atoms with Crippen LogP contribution in [0.2, 0.25) is 5.02 Å². The summed E-state index contributed by atoms with van der Waals surface area (Å²) in [6.07, 6.45) is 0. The molecule has 0 heterocycles. The average Bonchev–Trinajstić information content (AvgIpc) is 2.73. The minimum Gasteiger partial charge on any atom is -0.497 e. The number of halogens is 2. The van der Waals surface area contributed by atoms with E-state index in [9.17, 15) is 0 Å². The van der Waals surface area contributed by atoms with Crippen LogP contribution >= 0.6 is 27.5 Å². The molecule has 0 atom stereocenters. The minimum atomic E-state index is 0.363. The molecule has 0 spiro atoms. The highest BCUT2D eigenvalue weighted by molar-refractivity contribution is 9.10. The van der Waals surface area contributed by atoms with Gasteiger partial charge in [0.05, 0.1) is 18.2 Å². The van der Waals surface area contributed by atoms with Crippen LogP contribution in [-0.4, -0.2) is 13.7 Å². The third-order valence-corrected chi connectivity index (χ3v) is 5.24. The van der Waals surface area contributed by atoms with E-state index in [1.54, 1.807) is 7.11 Å². The lowest BCUT2D eigenvalue weighted by Crippen LogP contribution is -2.04. The van der Waals surface area contributed by atoms with Gasteiger partial charge in [0.2, 0.25) is 0 Å². The number of methoxy groups -OCH3 is 1. The molecule has 0 aromatic heterocycles. The van der Waals surface area contributed by atoms with Crippen molar-refractivity contribution in [2.24, 2.45) is 0 Å². The van der Waals surface area contributed by atoms with Crippen molar-refractivity contribution in [2.45, 2.75) is 20.1 Å². The van der Waals surface area contributed by atoms with Gasteiger partial charge in [-0.1, -0.05) is 29.8 Å². The lowest BCUT2D eigenvalue weighted by atomic mass is 10.2. The molecule has 3 aromatic rings. The predicted molar refractivity (Wildman–Crippen MR) is 121 cm³/mol. The Morgan fingerprint density at radius 3 is 2.45 bits per heavy atom. The summed E-state index contributed by atoms with van der Waals surface area (Å²) >= 11 is 9.86. The summed E-state index contributed by atoms with van der Waals surface area (Å²) in [6.45, 7) is 3.51.